The van der Waals surface area contributed by atoms with Crippen molar-refractivity contribution in [2.24, 2.45) is 0 Å². The van der Waals surface area contributed by atoms with Crippen LogP contribution in [0.25, 0.3) is 0 Å². The van der Waals surface area contributed by atoms with E-state index < -0.39 is 0 Å². The number of carbonyl (C=O) groups excluding carboxylic acids is 1. The molecule has 0 spiro atoms. The van der Waals surface area contributed by atoms with Crippen molar-refractivity contribution in [3.63, 3.8) is 0 Å². The van der Waals surface area contributed by atoms with Crippen molar-refractivity contribution in [2.75, 3.05) is 47.1 Å². The number of anilines is 4. The van der Waals surface area contributed by atoms with Crippen molar-refractivity contribution >= 4 is 29.0 Å². The molecule has 0 bridgehead atoms. The molecule has 4 N–H and O–H groups in total. The Balaban J connectivity index is 1.40. The number of amides is 1. The highest BCUT2D eigenvalue weighted by Gasteiger charge is 2.22. The average Bonchev–Trinajstić information content (AvgIpc) is 2.79. The fraction of sp³-hybridized carbons (Fsp3) is 0.211. The molecule has 1 amide bonds. The summed E-state index contributed by atoms with van der Waals surface area (Å²) in [6.45, 7) is 3.11. The third-order valence-electron chi connectivity index (χ3n) is 4.63. The Bertz CT molecular complexity index is 960. The maximum absolute atomic E-state index is 12.2. The Kier molecular flexibility index (Phi) is 5.32. The fourth-order valence-corrected chi connectivity index (χ4v) is 3.11. The molecular weight excluding hydrogens is 370 g/mol. The summed E-state index contributed by atoms with van der Waals surface area (Å²) in [5.74, 6) is 1.61. The SMILES string of the molecule is Nc1c(NNC(=O)c2cccnc2)ncnc1N1CCN(c2ccccn2)CC1. The van der Waals surface area contributed by atoms with Gasteiger partial charge in [0.2, 0.25) is 0 Å². The van der Waals surface area contributed by atoms with Crippen molar-refractivity contribution < 1.29 is 4.79 Å². The van der Waals surface area contributed by atoms with Crippen LogP contribution >= 0.6 is 0 Å². The van der Waals surface area contributed by atoms with Gasteiger partial charge in [-0.2, -0.15) is 0 Å². The Hall–Kier alpha value is -3.95. The van der Waals surface area contributed by atoms with E-state index in [2.05, 4.69) is 40.6 Å². The molecule has 4 rings (SSSR count). The van der Waals surface area contributed by atoms with Crippen LogP contribution in [0.15, 0.2) is 55.2 Å². The number of nitrogens with zero attached hydrogens (tertiary/aromatic N) is 6. The van der Waals surface area contributed by atoms with Gasteiger partial charge in [0, 0.05) is 44.8 Å². The highest BCUT2D eigenvalue weighted by Crippen LogP contribution is 2.27. The summed E-state index contributed by atoms with van der Waals surface area (Å²) in [6.07, 6.45) is 6.30. The number of carbonyl (C=O) groups is 1. The van der Waals surface area contributed by atoms with E-state index in [1.807, 2.05) is 18.2 Å². The van der Waals surface area contributed by atoms with Gasteiger partial charge in [-0.15, -0.1) is 0 Å². The predicted octanol–water partition coefficient (Wildman–Crippen LogP) is 0.932. The predicted molar refractivity (Wildman–Crippen MR) is 110 cm³/mol. The average molecular weight is 391 g/mol. The number of rotatable bonds is 5. The van der Waals surface area contributed by atoms with E-state index in [1.54, 1.807) is 24.5 Å². The highest BCUT2D eigenvalue weighted by atomic mass is 16.2. The van der Waals surface area contributed by atoms with Gasteiger partial charge in [0.15, 0.2) is 11.6 Å². The molecule has 3 aromatic rings. The maximum Gasteiger partial charge on any atom is 0.271 e. The first-order chi connectivity index (χ1) is 14.2. The standard InChI is InChI=1S/C19H21N9O/c20-16-17(25-26-19(29)14-4-3-6-21-12-14)23-13-24-18(16)28-10-8-27(9-11-28)15-5-1-2-7-22-15/h1-7,12-13H,8-11,20H2,(H,26,29)(H,23,24,25). The first-order valence-corrected chi connectivity index (χ1v) is 9.20. The number of hydrogen-bond donors (Lipinski definition) is 3. The number of piperazine rings is 1. The van der Waals surface area contributed by atoms with E-state index in [9.17, 15) is 4.79 Å². The van der Waals surface area contributed by atoms with Crippen LogP contribution < -0.4 is 26.4 Å². The fourth-order valence-electron chi connectivity index (χ4n) is 3.11. The summed E-state index contributed by atoms with van der Waals surface area (Å²) in [5.41, 5.74) is 12.4. The van der Waals surface area contributed by atoms with Crippen LogP contribution in [0.5, 0.6) is 0 Å². The molecule has 29 heavy (non-hydrogen) atoms. The van der Waals surface area contributed by atoms with E-state index in [-0.39, 0.29) is 5.91 Å². The molecule has 0 saturated carbocycles. The van der Waals surface area contributed by atoms with Crippen molar-refractivity contribution in [1.82, 2.24) is 25.4 Å². The monoisotopic (exact) mass is 391 g/mol. The maximum atomic E-state index is 12.2. The molecule has 0 aliphatic carbocycles. The Morgan fingerprint density at radius 1 is 0.966 bits per heavy atom. The second-order valence-electron chi connectivity index (χ2n) is 6.44. The summed E-state index contributed by atoms with van der Waals surface area (Å²) in [6, 6.07) is 9.25. The third-order valence-corrected chi connectivity index (χ3v) is 4.63. The first kappa shape index (κ1) is 18.4. The number of hydrazine groups is 1. The van der Waals surface area contributed by atoms with E-state index in [1.165, 1.54) is 12.5 Å². The second kappa shape index (κ2) is 8.38. The molecule has 1 saturated heterocycles. The molecule has 10 nitrogen and oxygen atoms in total. The van der Waals surface area contributed by atoms with Crippen LogP contribution in [-0.4, -0.2) is 52.0 Å². The lowest BCUT2D eigenvalue weighted by molar-refractivity contribution is 0.0962. The Morgan fingerprint density at radius 2 is 1.79 bits per heavy atom. The topological polar surface area (TPSA) is 125 Å². The number of nitrogen functional groups attached to an aromatic ring is 1. The molecule has 0 aromatic carbocycles. The number of pyridine rings is 2. The highest BCUT2D eigenvalue weighted by molar-refractivity contribution is 5.94. The second-order valence-corrected chi connectivity index (χ2v) is 6.44. The van der Waals surface area contributed by atoms with Gasteiger partial charge in [-0.25, -0.2) is 15.0 Å². The summed E-state index contributed by atoms with van der Waals surface area (Å²) in [5, 5.41) is 0. The van der Waals surface area contributed by atoms with Gasteiger partial charge in [-0.1, -0.05) is 6.07 Å². The van der Waals surface area contributed by atoms with E-state index in [0.717, 1.165) is 32.0 Å². The van der Waals surface area contributed by atoms with Crippen LogP contribution in [0.4, 0.5) is 23.1 Å². The summed E-state index contributed by atoms with van der Waals surface area (Å²) in [7, 11) is 0. The minimum absolute atomic E-state index is 0.332. The third kappa shape index (κ3) is 4.15. The largest absolute Gasteiger partial charge is 0.393 e. The van der Waals surface area contributed by atoms with Crippen molar-refractivity contribution in [1.29, 1.82) is 0 Å². The normalized spacial score (nSPS) is 13.8. The van der Waals surface area contributed by atoms with E-state index in [4.69, 9.17) is 5.73 Å². The van der Waals surface area contributed by atoms with Crippen LogP contribution in [0, 0.1) is 0 Å². The summed E-state index contributed by atoms with van der Waals surface area (Å²) < 4.78 is 0. The molecule has 1 aliphatic heterocycles. The van der Waals surface area contributed by atoms with Crippen LogP contribution in [0.2, 0.25) is 0 Å². The van der Waals surface area contributed by atoms with Crippen LogP contribution in [-0.2, 0) is 0 Å². The van der Waals surface area contributed by atoms with Gasteiger partial charge in [0.25, 0.3) is 5.91 Å². The van der Waals surface area contributed by atoms with Gasteiger partial charge in [0.1, 0.15) is 17.8 Å². The zero-order valence-electron chi connectivity index (χ0n) is 15.7. The summed E-state index contributed by atoms with van der Waals surface area (Å²) >= 11 is 0. The van der Waals surface area contributed by atoms with E-state index >= 15 is 0 Å². The molecule has 4 heterocycles. The van der Waals surface area contributed by atoms with Gasteiger partial charge >= 0.3 is 0 Å². The van der Waals surface area contributed by atoms with Gasteiger partial charge in [-0.05, 0) is 24.3 Å². The molecule has 0 unspecified atom stereocenters. The molecular formula is C19H21N9O. The number of aromatic nitrogens is 4. The molecule has 0 atom stereocenters. The summed E-state index contributed by atoms with van der Waals surface area (Å²) in [4.78, 5) is 33.3. The molecule has 0 radical (unpaired) electrons. The van der Waals surface area contributed by atoms with Crippen molar-refractivity contribution in [3.8, 4) is 0 Å². The molecule has 10 heteroatoms. The lowest BCUT2D eigenvalue weighted by Gasteiger charge is -2.36. The van der Waals surface area contributed by atoms with Crippen LogP contribution in [0.3, 0.4) is 0 Å². The Labute approximate surface area is 167 Å². The lowest BCUT2D eigenvalue weighted by atomic mass is 10.3. The minimum atomic E-state index is -0.332. The van der Waals surface area contributed by atoms with E-state index in [0.29, 0.717) is 22.9 Å². The first-order valence-electron chi connectivity index (χ1n) is 9.20. The van der Waals surface area contributed by atoms with Crippen LogP contribution in [0.1, 0.15) is 10.4 Å². The molecule has 148 valence electrons. The quantitative estimate of drug-likeness (QED) is 0.545. The zero-order valence-corrected chi connectivity index (χ0v) is 15.7. The lowest BCUT2D eigenvalue weighted by Crippen LogP contribution is -2.47. The van der Waals surface area contributed by atoms with Crippen molar-refractivity contribution in [3.05, 3.63) is 60.8 Å². The van der Waals surface area contributed by atoms with Gasteiger partial charge < -0.3 is 15.5 Å². The zero-order chi connectivity index (χ0) is 20.1. The smallest absolute Gasteiger partial charge is 0.271 e. The van der Waals surface area contributed by atoms with Crippen molar-refractivity contribution in [2.45, 2.75) is 0 Å². The van der Waals surface area contributed by atoms with Gasteiger partial charge in [0.05, 0.1) is 5.56 Å². The van der Waals surface area contributed by atoms with Gasteiger partial charge in [-0.3, -0.25) is 20.6 Å². The molecule has 1 aliphatic rings. The number of nitrogens with two attached hydrogens (primary N) is 1. The molecule has 1 fully saturated rings. The minimum Gasteiger partial charge on any atom is -0.393 e. The molecule has 3 aromatic heterocycles. The Morgan fingerprint density at radius 3 is 2.52 bits per heavy atom. The number of nitrogens with one attached hydrogen (secondary N) is 2. The number of hydrogen-bond acceptors (Lipinski definition) is 9.